The molecule has 1 aromatic carbocycles. The minimum Gasteiger partial charge on any atom is -0.596 e. The Kier molecular flexibility index (Phi) is 3.53. The highest BCUT2D eigenvalue weighted by Crippen LogP contribution is 2.51. The second kappa shape index (κ2) is 5.35. The number of quaternary nitrogens is 1. The van der Waals surface area contributed by atoms with Crippen molar-refractivity contribution in [2.75, 3.05) is 7.05 Å². The Morgan fingerprint density at radius 3 is 2.11 bits per heavy atom. The molecule has 28 heavy (non-hydrogen) atoms. The van der Waals surface area contributed by atoms with Crippen LogP contribution in [0.25, 0.3) is 11.3 Å². The topological polar surface area (TPSA) is 82.8 Å². The molecule has 0 unspecified atom stereocenters. The zero-order valence-electron chi connectivity index (χ0n) is 16.5. The van der Waals surface area contributed by atoms with Crippen molar-refractivity contribution in [3.8, 4) is 11.3 Å². The molecule has 2 aliphatic rings. The van der Waals surface area contributed by atoms with Gasteiger partial charge in [-0.1, -0.05) is 24.3 Å². The lowest BCUT2D eigenvalue weighted by Gasteiger charge is -2.54. The van der Waals surface area contributed by atoms with Crippen LogP contribution in [0.4, 0.5) is 0 Å². The quantitative estimate of drug-likeness (QED) is 0.596. The van der Waals surface area contributed by atoms with E-state index in [2.05, 4.69) is 0 Å². The molecule has 3 heterocycles. The molecule has 7 nitrogen and oxygen atoms in total. The number of furan rings is 1. The summed E-state index contributed by atoms with van der Waals surface area (Å²) >= 11 is 0. The zero-order valence-corrected chi connectivity index (χ0v) is 16.5. The van der Waals surface area contributed by atoms with Crippen LogP contribution in [0.2, 0.25) is 0 Å². The Hall–Kier alpha value is -2.87. The Morgan fingerprint density at radius 2 is 1.57 bits per heavy atom. The largest absolute Gasteiger partial charge is 0.615 e. The summed E-state index contributed by atoms with van der Waals surface area (Å²) in [5, 5.41) is 0. The summed E-state index contributed by atoms with van der Waals surface area (Å²) in [6.45, 7) is 4.62. The molecule has 1 aromatic heterocycles. The number of benzene rings is 1. The summed E-state index contributed by atoms with van der Waals surface area (Å²) in [5.41, 5.74) is -0.695. The number of likely N-dealkylation sites (N-methyl/N-ethyl adjacent to an activating group) is 1. The fraction of sp³-hybridized carbons (Fsp3) is 0.350. The molecular formula is C20H22BNO6. The smallest absolute Gasteiger partial charge is 0.596 e. The molecule has 0 aliphatic carbocycles. The number of aldehydes is 1. The molecule has 0 bridgehead atoms. The second-order valence-corrected chi connectivity index (χ2v) is 8.62. The number of fused-ring (bicyclic) bond motifs is 1. The van der Waals surface area contributed by atoms with Gasteiger partial charge in [0.15, 0.2) is 23.1 Å². The molecule has 0 atom stereocenters. The first kappa shape index (κ1) is 18.5. The van der Waals surface area contributed by atoms with Crippen molar-refractivity contribution in [3.05, 3.63) is 42.2 Å². The maximum absolute atomic E-state index is 12.8. The maximum Gasteiger partial charge on any atom is 0.615 e. The predicted octanol–water partition coefficient (Wildman–Crippen LogP) is 2.02. The van der Waals surface area contributed by atoms with Crippen LogP contribution in [0.3, 0.4) is 0 Å². The van der Waals surface area contributed by atoms with Crippen molar-refractivity contribution in [2.45, 2.75) is 38.8 Å². The van der Waals surface area contributed by atoms with Crippen LogP contribution in [0.15, 0.2) is 40.8 Å². The molecule has 0 spiro atoms. The normalized spacial score (nSPS) is 29.9. The van der Waals surface area contributed by atoms with Gasteiger partial charge in [0.25, 0.3) is 0 Å². The molecule has 2 aliphatic heterocycles. The monoisotopic (exact) mass is 383 g/mol. The van der Waals surface area contributed by atoms with Gasteiger partial charge in [0, 0.05) is 12.6 Å². The first-order valence-electron chi connectivity index (χ1n) is 9.14. The molecular weight excluding hydrogens is 361 g/mol. The summed E-state index contributed by atoms with van der Waals surface area (Å²) in [5.74, 6) is -0.117. The number of rotatable bonds is 3. The van der Waals surface area contributed by atoms with Gasteiger partial charge >= 0.3 is 18.6 Å². The number of hydrogen-bond acceptors (Lipinski definition) is 6. The van der Waals surface area contributed by atoms with Crippen LogP contribution in [0.5, 0.6) is 0 Å². The van der Waals surface area contributed by atoms with Crippen LogP contribution < -0.4 is 5.46 Å². The third-order valence-electron chi connectivity index (χ3n) is 6.87. The molecule has 4 rings (SSSR count). The van der Waals surface area contributed by atoms with E-state index in [4.69, 9.17) is 13.7 Å². The van der Waals surface area contributed by atoms with Crippen LogP contribution in [0, 0.1) is 0 Å². The van der Waals surface area contributed by atoms with Crippen molar-refractivity contribution in [1.29, 1.82) is 0 Å². The minimum atomic E-state index is -2.47. The van der Waals surface area contributed by atoms with Crippen LogP contribution in [-0.2, 0) is 18.9 Å². The highest BCUT2D eigenvalue weighted by Gasteiger charge is 2.80. The molecule has 0 N–H and O–H groups in total. The molecule has 0 amide bonds. The number of carbonyl (C=O) groups is 3. The van der Waals surface area contributed by atoms with E-state index >= 15 is 0 Å². The van der Waals surface area contributed by atoms with Gasteiger partial charge in [0.1, 0.15) is 5.76 Å². The summed E-state index contributed by atoms with van der Waals surface area (Å²) in [7, 11) is 1.83. The van der Waals surface area contributed by atoms with Gasteiger partial charge in [-0.15, -0.1) is 0 Å². The molecule has 0 radical (unpaired) electrons. The van der Waals surface area contributed by atoms with Crippen molar-refractivity contribution in [1.82, 2.24) is 0 Å². The Bertz CT molecular complexity index is 991. The summed E-state index contributed by atoms with van der Waals surface area (Å²) < 4.78 is 17.2. The summed E-state index contributed by atoms with van der Waals surface area (Å²) in [6.07, 6.45) is 0.631. The van der Waals surface area contributed by atoms with Gasteiger partial charge in [-0.2, -0.15) is 0 Å². The number of carbonyl (C=O) groups excluding carboxylic acids is 3. The standard InChI is InChI=1S/C20H22BNO6/c1-19(2)17(24)27-21(22(19,5)20(3,4)18(25)28-21)14-8-6-7-13(11-14)16-10-9-15(12-23)26-16/h6-12H,1-5H3. The first-order chi connectivity index (χ1) is 13.0. The Morgan fingerprint density at radius 1 is 0.964 bits per heavy atom. The van der Waals surface area contributed by atoms with Crippen molar-refractivity contribution < 1.29 is 32.5 Å². The van der Waals surface area contributed by atoms with E-state index in [0.717, 1.165) is 0 Å². The van der Waals surface area contributed by atoms with E-state index in [1.807, 2.05) is 13.1 Å². The van der Waals surface area contributed by atoms with Gasteiger partial charge in [-0.25, -0.2) is 9.59 Å². The average Bonchev–Trinajstić information content (AvgIpc) is 3.24. The van der Waals surface area contributed by atoms with E-state index in [1.165, 1.54) is 0 Å². The second-order valence-electron chi connectivity index (χ2n) is 8.62. The molecule has 2 saturated heterocycles. The van der Waals surface area contributed by atoms with E-state index in [0.29, 0.717) is 23.1 Å². The van der Waals surface area contributed by atoms with Crippen molar-refractivity contribution in [2.24, 2.45) is 0 Å². The van der Waals surface area contributed by atoms with Gasteiger partial charge < -0.3 is 18.1 Å². The minimum absolute atomic E-state index is 0.0150. The Balaban J connectivity index is 1.93. The van der Waals surface area contributed by atoms with Gasteiger partial charge in [0.05, 0.1) is 0 Å². The van der Waals surface area contributed by atoms with E-state index in [-0.39, 0.29) is 10.2 Å². The van der Waals surface area contributed by atoms with Crippen LogP contribution in [0.1, 0.15) is 38.2 Å². The fourth-order valence-electron chi connectivity index (χ4n) is 4.67. The predicted molar refractivity (Wildman–Crippen MR) is 101 cm³/mol. The van der Waals surface area contributed by atoms with Gasteiger partial charge in [0.2, 0.25) is 0 Å². The zero-order chi connectivity index (χ0) is 20.5. The van der Waals surface area contributed by atoms with E-state index in [9.17, 15) is 14.4 Å². The lowest BCUT2D eigenvalue weighted by molar-refractivity contribution is -0.885. The van der Waals surface area contributed by atoms with Crippen LogP contribution >= 0.6 is 0 Å². The lowest BCUT2D eigenvalue weighted by Crippen LogP contribution is -2.77. The average molecular weight is 383 g/mol. The summed E-state index contributed by atoms with van der Waals surface area (Å²) in [6, 6.07) is 10.4. The highest BCUT2D eigenvalue weighted by atomic mass is 16.7. The highest BCUT2D eigenvalue weighted by molar-refractivity contribution is 6.79. The van der Waals surface area contributed by atoms with Gasteiger partial charge in [-0.05, 0) is 45.3 Å². The third kappa shape index (κ3) is 1.91. The molecule has 146 valence electrons. The Labute approximate surface area is 162 Å². The molecule has 0 saturated carbocycles. The van der Waals surface area contributed by atoms with Crippen molar-refractivity contribution >= 4 is 30.4 Å². The summed E-state index contributed by atoms with van der Waals surface area (Å²) in [4.78, 5) is 36.6. The van der Waals surface area contributed by atoms with Crippen LogP contribution in [-0.4, -0.2) is 47.4 Å². The number of hydrogen-bond donors (Lipinski definition) is 0. The lowest BCUT2D eigenvalue weighted by atomic mass is 9.57. The SMILES string of the molecule is CC1(C)C(=O)O[B-]2(c3cccc(-c4ccc(C=O)o4)c3)OC(=O)C(C)(C)[N+]21C. The van der Waals surface area contributed by atoms with Gasteiger partial charge in [-0.3, -0.25) is 4.79 Å². The van der Waals surface area contributed by atoms with E-state index < -0.39 is 29.7 Å². The molecule has 2 fully saturated rings. The van der Waals surface area contributed by atoms with Crippen molar-refractivity contribution in [3.63, 3.8) is 0 Å². The molecule has 2 aromatic rings. The maximum atomic E-state index is 12.8. The fourth-order valence-corrected chi connectivity index (χ4v) is 4.67. The van der Waals surface area contributed by atoms with E-state index in [1.54, 1.807) is 58.0 Å². The third-order valence-corrected chi connectivity index (χ3v) is 6.87. The number of nitrogens with zero attached hydrogens (tertiary/aromatic N) is 1. The first-order valence-corrected chi connectivity index (χ1v) is 9.14. The molecule has 8 heteroatoms.